The van der Waals surface area contributed by atoms with Gasteiger partial charge in [0.25, 0.3) is 0 Å². The van der Waals surface area contributed by atoms with Crippen LogP contribution in [0.3, 0.4) is 0 Å². The van der Waals surface area contributed by atoms with Crippen molar-refractivity contribution in [1.29, 1.82) is 0 Å². The monoisotopic (exact) mass is 318 g/mol. The number of rotatable bonds is 6. The van der Waals surface area contributed by atoms with E-state index in [0.717, 1.165) is 33.2 Å². The van der Waals surface area contributed by atoms with Crippen molar-refractivity contribution in [3.8, 4) is 5.69 Å². The Morgan fingerprint density at radius 3 is 2.90 bits per heavy atom. The molecule has 21 heavy (non-hydrogen) atoms. The van der Waals surface area contributed by atoms with Crippen molar-refractivity contribution in [2.45, 2.75) is 17.0 Å². The molecule has 0 fully saturated rings. The number of para-hydroxylation sites is 1. The van der Waals surface area contributed by atoms with E-state index >= 15 is 0 Å². The first-order valence-electron chi connectivity index (χ1n) is 6.52. The molecule has 0 bridgehead atoms. The van der Waals surface area contributed by atoms with Gasteiger partial charge in [-0.15, -0.1) is 10.2 Å². The van der Waals surface area contributed by atoms with E-state index in [0.29, 0.717) is 0 Å². The maximum absolute atomic E-state index is 4.46. The zero-order chi connectivity index (χ0) is 14.5. The van der Waals surface area contributed by atoms with Crippen LogP contribution in [-0.4, -0.2) is 31.7 Å². The summed E-state index contributed by atoms with van der Waals surface area (Å²) >= 11 is 3.17. The highest BCUT2D eigenvalue weighted by Crippen LogP contribution is 2.27. The molecule has 3 rings (SSSR count). The third-order valence-electron chi connectivity index (χ3n) is 2.60. The highest BCUT2D eigenvalue weighted by atomic mass is 32.2. The fourth-order valence-electron chi connectivity index (χ4n) is 1.67. The predicted molar refractivity (Wildman–Crippen MR) is 85.0 cm³/mol. The molecule has 0 saturated heterocycles. The molecular weight excluding hydrogens is 304 g/mol. The summed E-state index contributed by atoms with van der Waals surface area (Å²) in [5.74, 6) is 0.730. The van der Waals surface area contributed by atoms with Gasteiger partial charge in [0.15, 0.2) is 4.34 Å². The Balaban J connectivity index is 1.62. The molecule has 0 amide bonds. The summed E-state index contributed by atoms with van der Waals surface area (Å²) in [5.41, 5.74) is 1.88. The second-order valence-corrected chi connectivity index (χ2v) is 6.35. The number of aromatic nitrogens is 5. The summed E-state index contributed by atoms with van der Waals surface area (Å²) in [4.78, 5) is 1.64. The van der Waals surface area contributed by atoms with E-state index < -0.39 is 0 Å². The Hall–Kier alpha value is -1.93. The number of benzene rings is 1. The Kier molecular flexibility index (Phi) is 4.46. The molecule has 108 valence electrons. The SMILES string of the molecule is CCNc1nnc(SCc2cnn(-c3ccccc3)n2)s1. The highest BCUT2D eigenvalue weighted by molar-refractivity contribution is 8.00. The van der Waals surface area contributed by atoms with Gasteiger partial charge in [-0.1, -0.05) is 41.3 Å². The van der Waals surface area contributed by atoms with Gasteiger partial charge < -0.3 is 5.32 Å². The van der Waals surface area contributed by atoms with Gasteiger partial charge in [-0.2, -0.15) is 15.0 Å². The summed E-state index contributed by atoms with van der Waals surface area (Å²) in [5, 5.41) is 20.9. The van der Waals surface area contributed by atoms with Gasteiger partial charge in [0, 0.05) is 12.3 Å². The molecule has 1 aromatic carbocycles. The number of thioether (sulfide) groups is 1. The van der Waals surface area contributed by atoms with E-state index in [1.54, 1.807) is 34.1 Å². The third-order valence-corrected chi connectivity index (χ3v) is 4.65. The molecule has 3 aromatic rings. The lowest BCUT2D eigenvalue weighted by molar-refractivity contribution is 0.745. The van der Waals surface area contributed by atoms with Gasteiger partial charge in [0.2, 0.25) is 5.13 Å². The minimum atomic E-state index is 0.730. The lowest BCUT2D eigenvalue weighted by atomic mass is 10.3. The first-order valence-corrected chi connectivity index (χ1v) is 8.32. The van der Waals surface area contributed by atoms with E-state index in [9.17, 15) is 0 Å². The first-order chi connectivity index (χ1) is 10.3. The Morgan fingerprint density at radius 2 is 2.10 bits per heavy atom. The molecule has 6 nitrogen and oxygen atoms in total. The molecular formula is C13H14N6S2. The van der Waals surface area contributed by atoms with Crippen LogP contribution in [-0.2, 0) is 5.75 Å². The lowest BCUT2D eigenvalue weighted by Gasteiger charge is -1.97. The summed E-state index contributed by atoms with van der Waals surface area (Å²) in [6.07, 6.45) is 1.78. The van der Waals surface area contributed by atoms with Crippen molar-refractivity contribution < 1.29 is 0 Å². The van der Waals surface area contributed by atoms with Crippen LogP contribution in [0, 0.1) is 0 Å². The Labute approximate surface area is 130 Å². The van der Waals surface area contributed by atoms with Crippen molar-refractivity contribution in [2.24, 2.45) is 0 Å². The summed E-state index contributed by atoms with van der Waals surface area (Å²) in [6, 6.07) is 9.86. The number of hydrogen-bond donors (Lipinski definition) is 1. The zero-order valence-electron chi connectivity index (χ0n) is 11.4. The molecule has 2 heterocycles. The van der Waals surface area contributed by atoms with E-state index in [2.05, 4.69) is 25.7 Å². The Bertz CT molecular complexity index is 694. The smallest absolute Gasteiger partial charge is 0.206 e. The lowest BCUT2D eigenvalue weighted by Crippen LogP contribution is -1.98. The summed E-state index contributed by atoms with van der Waals surface area (Å²) < 4.78 is 0.931. The molecule has 0 spiro atoms. The topological polar surface area (TPSA) is 68.5 Å². The maximum atomic E-state index is 4.46. The fourth-order valence-corrected chi connectivity index (χ4v) is 3.37. The third kappa shape index (κ3) is 3.59. The molecule has 0 saturated carbocycles. The fraction of sp³-hybridized carbons (Fsp3) is 0.231. The van der Waals surface area contributed by atoms with Crippen molar-refractivity contribution >= 4 is 28.2 Å². The van der Waals surface area contributed by atoms with Crippen LogP contribution in [0.15, 0.2) is 40.9 Å². The Morgan fingerprint density at radius 1 is 1.24 bits per heavy atom. The van der Waals surface area contributed by atoms with Crippen LogP contribution in [0.2, 0.25) is 0 Å². The van der Waals surface area contributed by atoms with Crippen LogP contribution < -0.4 is 5.32 Å². The second-order valence-electron chi connectivity index (χ2n) is 4.15. The van der Waals surface area contributed by atoms with Gasteiger partial charge in [0.1, 0.15) is 0 Å². The predicted octanol–water partition coefficient (Wildman–Crippen LogP) is 2.84. The van der Waals surface area contributed by atoms with Gasteiger partial charge >= 0.3 is 0 Å². The van der Waals surface area contributed by atoms with Crippen molar-refractivity contribution in [2.75, 3.05) is 11.9 Å². The number of hydrogen-bond acceptors (Lipinski definition) is 7. The normalized spacial score (nSPS) is 10.7. The van der Waals surface area contributed by atoms with E-state index in [4.69, 9.17) is 0 Å². The van der Waals surface area contributed by atoms with E-state index in [1.165, 1.54) is 0 Å². The molecule has 0 unspecified atom stereocenters. The standard InChI is InChI=1S/C13H14N6S2/c1-2-14-12-16-17-13(21-12)20-9-10-8-15-19(18-10)11-6-4-3-5-7-11/h3-8H,2,9H2,1H3,(H,14,16). The first kappa shape index (κ1) is 14.0. The molecule has 0 aliphatic heterocycles. The zero-order valence-corrected chi connectivity index (χ0v) is 13.1. The van der Waals surface area contributed by atoms with Crippen LogP contribution in [0.5, 0.6) is 0 Å². The van der Waals surface area contributed by atoms with Crippen LogP contribution in [0.1, 0.15) is 12.6 Å². The molecule has 1 N–H and O–H groups in total. The largest absolute Gasteiger partial charge is 0.360 e. The molecule has 2 aromatic heterocycles. The molecule has 0 aliphatic carbocycles. The molecule has 0 atom stereocenters. The van der Waals surface area contributed by atoms with Gasteiger partial charge in [0.05, 0.1) is 17.6 Å². The van der Waals surface area contributed by atoms with E-state index in [-0.39, 0.29) is 0 Å². The minimum absolute atomic E-state index is 0.730. The van der Waals surface area contributed by atoms with Crippen molar-refractivity contribution in [1.82, 2.24) is 25.2 Å². The van der Waals surface area contributed by atoms with E-state index in [1.807, 2.05) is 37.3 Å². The quantitative estimate of drug-likeness (QED) is 0.705. The maximum Gasteiger partial charge on any atom is 0.206 e. The number of anilines is 1. The van der Waals surface area contributed by atoms with Gasteiger partial charge in [-0.25, -0.2) is 0 Å². The van der Waals surface area contributed by atoms with Crippen molar-refractivity contribution in [3.05, 3.63) is 42.2 Å². The van der Waals surface area contributed by atoms with Crippen LogP contribution in [0.4, 0.5) is 5.13 Å². The minimum Gasteiger partial charge on any atom is -0.360 e. The van der Waals surface area contributed by atoms with Crippen LogP contribution in [0.25, 0.3) is 5.69 Å². The van der Waals surface area contributed by atoms with Gasteiger partial charge in [-0.05, 0) is 19.1 Å². The number of nitrogens with one attached hydrogen (secondary N) is 1. The molecule has 0 radical (unpaired) electrons. The molecule has 8 heteroatoms. The second kappa shape index (κ2) is 6.68. The average molecular weight is 318 g/mol. The number of nitrogens with zero attached hydrogens (tertiary/aromatic N) is 5. The van der Waals surface area contributed by atoms with Gasteiger partial charge in [-0.3, -0.25) is 0 Å². The highest BCUT2D eigenvalue weighted by Gasteiger charge is 2.07. The van der Waals surface area contributed by atoms with Crippen molar-refractivity contribution in [3.63, 3.8) is 0 Å². The summed E-state index contributed by atoms with van der Waals surface area (Å²) in [6.45, 7) is 2.89. The average Bonchev–Trinajstić information content (AvgIpc) is 3.16. The van der Waals surface area contributed by atoms with Crippen LogP contribution >= 0.6 is 23.1 Å². The molecule has 0 aliphatic rings. The summed E-state index contributed by atoms with van der Waals surface area (Å²) in [7, 11) is 0.